The molecule has 1 rings (SSSR count). The Morgan fingerprint density at radius 3 is 2.77 bits per heavy atom. The SMILES string of the molecule is Cc1cc(Br)oc1C(C)CC(=O)O. The lowest BCUT2D eigenvalue weighted by atomic mass is 10.0. The average molecular weight is 247 g/mol. The van der Waals surface area contributed by atoms with Gasteiger partial charge in [-0.15, -0.1) is 0 Å². The number of hydrogen-bond acceptors (Lipinski definition) is 2. The maximum absolute atomic E-state index is 10.4. The van der Waals surface area contributed by atoms with E-state index in [1.54, 1.807) is 0 Å². The van der Waals surface area contributed by atoms with Crippen molar-refractivity contribution in [1.29, 1.82) is 0 Å². The molecular formula is C9H11BrO3. The van der Waals surface area contributed by atoms with E-state index in [0.29, 0.717) is 4.67 Å². The summed E-state index contributed by atoms with van der Waals surface area (Å²) in [5, 5.41) is 8.59. The van der Waals surface area contributed by atoms with E-state index in [9.17, 15) is 4.79 Å². The molecule has 1 aromatic heterocycles. The number of furan rings is 1. The molecule has 0 radical (unpaired) electrons. The zero-order valence-electron chi connectivity index (χ0n) is 7.50. The first-order chi connectivity index (χ1) is 6.00. The fourth-order valence-electron chi connectivity index (χ4n) is 1.30. The summed E-state index contributed by atoms with van der Waals surface area (Å²) in [6.45, 7) is 3.74. The molecule has 0 aromatic carbocycles. The Bertz CT molecular complexity index is 317. The van der Waals surface area contributed by atoms with Crippen LogP contribution in [0.25, 0.3) is 0 Å². The number of rotatable bonds is 3. The van der Waals surface area contributed by atoms with Crippen LogP contribution >= 0.6 is 15.9 Å². The second kappa shape index (κ2) is 3.96. The van der Waals surface area contributed by atoms with Crippen LogP contribution in [0.1, 0.15) is 30.6 Å². The fraction of sp³-hybridized carbons (Fsp3) is 0.444. The molecule has 3 nitrogen and oxygen atoms in total. The van der Waals surface area contributed by atoms with Crippen molar-refractivity contribution in [3.63, 3.8) is 0 Å². The normalized spacial score (nSPS) is 12.8. The van der Waals surface area contributed by atoms with Crippen LogP contribution in [0.5, 0.6) is 0 Å². The third-order valence-corrected chi connectivity index (χ3v) is 2.25. The smallest absolute Gasteiger partial charge is 0.304 e. The molecule has 1 aromatic rings. The van der Waals surface area contributed by atoms with Crippen molar-refractivity contribution in [2.75, 3.05) is 0 Å². The van der Waals surface area contributed by atoms with Crippen molar-refractivity contribution < 1.29 is 14.3 Å². The minimum atomic E-state index is -0.806. The summed E-state index contributed by atoms with van der Waals surface area (Å²) in [5.74, 6) is -0.141. The fourth-order valence-corrected chi connectivity index (χ4v) is 1.82. The van der Waals surface area contributed by atoms with Crippen LogP contribution in [-0.4, -0.2) is 11.1 Å². The van der Waals surface area contributed by atoms with Crippen LogP contribution in [0, 0.1) is 6.92 Å². The van der Waals surface area contributed by atoms with E-state index in [2.05, 4.69) is 15.9 Å². The molecule has 72 valence electrons. The Hall–Kier alpha value is -0.770. The molecule has 0 aliphatic heterocycles. The number of halogens is 1. The number of carbonyl (C=O) groups is 1. The Balaban J connectivity index is 2.81. The predicted molar refractivity (Wildman–Crippen MR) is 51.8 cm³/mol. The highest BCUT2D eigenvalue weighted by Gasteiger charge is 2.16. The standard InChI is InChI=1S/C9H11BrO3/c1-5-3-7(10)13-9(5)6(2)4-8(11)12/h3,6H,4H2,1-2H3,(H,11,12). The van der Waals surface area contributed by atoms with Gasteiger partial charge in [0.25, 0.3) is 0 Å². The lowest BCUT2D eigenvalue weighted by Gasteiger charge is -2.05. The number of hydrogen-bond donors (Lipinski definition) is 1. The van der Waals surface area contributed by atoms with Gasteiger partial charge >= 0.3 is 5.97 Å². The van der Waals surface area contributed by atoms with Gasteiger partial charge in [0.15, 0.2) is 4.67 Å². The van der Waals surface area contributed by atoms with Crippen LogP contribution in [-0.2, 0) is 4.79 Å². The summed E-state index contributed by atoms with van der Waals surface area (Å²) in [4.78, 5) is 10.4. The van der Waals surface area contributed by atoms with Crippen molar-refractivity contribution in [2.45, 2.75) is 26.2 Å². The summed E-state index contributed by atoms with van der Waals surface area (Å²) < 4.78 is 5.98. The van der Waals surface area contributed by atoms with E-state index in [1.165, 1.54) is 0 Å². The summed E-state index contributed by atoms with van der Waals surface area (Å²) in [6.07, 6.45) is 0.0980. The molecule has 0 bridgehead atoms. The van der Waals surface area contributed by atoms with Crippen molar-refractivity contribution in [3.05, 3.63) is 22.1 Å². The molecule has 1 N–H and O–H groups in total. The zero-order chi connectivity index (χ0) is 10.0. The monoisotopic (exact) mass is 246 g/mol. The largest absolute Gasteiger partial charge is 0.481 e. The predicted octanol–water partition coefficient (Wildman–Crippen LogP) is 2.93. The Morgan fingerprint density at radius 2 is 2.38 bits per heavy atom. The number of aryl methyl sites for hydroxylation is 1. The minimum absolute atomic E-state index is 0.0798. The van der Waals surface area contributed by atoms with Crippen molar-refractivity contribution >= 4 is 21.9 Å². The van der Waals surface area contributed by atoms with Crippen molar-refractivity contribution in [2.24, 2.45) is 0 Å². The molecule has 0 saturated heterocycles. The van der Waals surface area contributed by atoms with Gasteiger partial charge in [0, 0.05) is 5.92 Å². The third kappa shape index (κ3) is 2.59. The maximum Gasteiger partial charge on any atom is 0.304 e. The van der Waals surface area contributed by atoms with Crippen LogP contribution < -0.4 is 0 Å². The van der Waals surface area contributed by atoms with Crippen LogP contribution in [0.3, 0.4) is 0 Å². The Kier molecular flexibility index (Phi) is 3.14. The molecule has 0 aliphatic rings. The number of carboxylic acid groups (broad SMARTS) is 1. The summed E-state index contributed by atoms with van der Waals surface area (Å²) >= 11 is 3.20. The molecule has 0 amide bonds. The first kappa shape index (κ1) is 10.3. The number of aliphatic carboxylic acids is 1. The molecule has 0 aliphatic carbocycles. The third-order valence-electron chi connectivity index (χ3n) is 1.85. The van der Waals surface area contributed by atoms with Crippen LogP contribution in [0.4, 0.5) is 0 Å². The second-order valence-electron chi connectivity index (χ2n) is 3.10. The average Bonchev–Trinajstić information content (AvgIpc) is 2.28. The van der Waals surface area contributed by atoms with Gasteiger partial charge < -0.3 is 9.52 Å². The highest BCUT2D eigenvalue weighted by molar-refractivity contribution is 9.10. The molecule has 0 saturated carbocycles. The van der Waals surface area contributed by atoms with Crippen molar-refractivity contribution in [1.82, 2.24) is 0 Å². The zero-order valence-corrected chi connectivity index (χ0v) is 9.09. The van der Waals surface area contributed by atoms with Gasteiger partial charge in [0.1, 0.15) is 5.76 Å². The Labute approximate surface area is 84.9 Å². The van der Waals surface area contributed by atoms with E-state index in [-0.39, 0.29) is 12.3 Å². The molecular weight excluding hydrogens is 236 g/mol. The first-order valence-electron chi connectivity index (χ1n) is 3.98. The molecule has 13 heavy (non-hydrogen) atoms. The quantitative estimate of drug-likeness (QED) is 0.893. The Morgan fingerprint density at radius 1 is 1.77 bits per heavy atom. The summed E-state index contributed by atoms with van der Waals surface area (Å²) in [5.41, 5.74) is 0.987. The molecule has 0 spiro atoms. The van der Waals surface area contributed by atoms with Gasteiger partial charge in [0.05, 0.1) is 6.42 Å². The first-order valence-corrected chi connectivity index (χ1v) is 4.77. The summed E-state index contributed by atoms with van der Waals surface area (Å²) in [6, 6.07) is 1.84. The van der Waals surface area contributed by atoms with E-state index in [4.69, 9.17) is 9.52 Å². The van der Waals surface area contributed by atoms with Gasteiger partial charge in [0.2, 0.25) is 0 Å². The highest BCUT2D eigenvalue weighted by Crippen LogP contribution is 2.28. The topological polar surface area (TPSA) is 50.4 Å². The molecule has 4 heteroatoms. The lowest BCUT2D eigenvalue weighted by molar-refractivity contribution is -0.137. The molecule has 1 atom stereocenters. The van der Waals surface area contributed by atoms with Crippen LogP contribution in [0.15, 0.2) is 15.2 Å². The molecule has 1 unspecified atom stereocenters. The van der Waals surface area contributed by atoms with Gasteiger partial charge in [-0.25, -0.2) is 0 Å². The number of carboxylic acids is 1. The van der Waals surface area contributed by atoms with Gasteiger partial charge in [-0.2, -0.15) is 0 Å². The summed E-state index contributed by atoms with van der Waals surface area (Å²) in [7, 11) is 0. The van der Waals surface area contributed by atoms with E-state index in [1.807, 2.05) is 19.9 Å². The van der Waals surface area contributed by atoms with Crippen LogP contribution in [0.2, 0.25) is 0 Å². The minimum Gasteiger partial charge on any atom is -0.481 e. The second-order valence-corrected chi connectivity index (χ2v) is 3.88. The maximum atomic E-state index is 10.4. The van der Waals surface area contributed by atoms with Crippen molar-refractivity contribution in [3.8, 4) is 0 Å². The van der Waals surface area contributed by atoms with Gasteiger partial charge in [-0.1, -0.05) is 6.92 Å². The lowest BCUT2D eigenvalue weighted by Crippen LogP contribution is -2.02. The van der Waals surface area contributed by atoms with E-state index in [0.717, 1.165) is 11.3 Å². The van der Waals surface area contributed by atoms with Gasteiger partial charge in [-0.05, 0) is 34.5 Å². The van der Waals surface area contributed by atoms with E-state index < -0.39 is 5.97 Å². The van der Waals surface area contributed by atoms with E-state index >= 15 is 0 Å². The molecule has 0 fully saturated rings. The van der Waals surface area contributed by atoms with Gasteiger partial charge in [-0.3, -0.25) is 4.79 Å². The molecule has 1 heterocycles. The highest BCUT2D eigenvalue weighted by atomic mass is 79.9.